The smallest absolute Gasteiger partial charge is 0.260 e. The number of thiazole rings is 1. The maximum atomic E-state index is 13.2. The predicted octanol–water partition coefficient (Wildman–Crippen LogP) is 5.37. The molecule has 0 atom stereocenters. The van der Waals surface area contributed by atoms with E-state index < -0.39 is 0 Å². The largest absolute Gasteiger partial charge is 0.492 e. The third kappa shape index (κ3) is 5.82. The van der Waals surface area contributed by atoms with Gasteiger partial charge in [-0.2, -0.15) is 0 Å². The molecule has 29 heavy (non-hydrogen) atoms. The van der Waals surface area contributed by atoms with Gasteiger partial charge in [-0.1, -0.05) is 29.0 Å². The third-order valence-corrected chi connectivity index (χ3v) is 5.52. The highest BCUT2D eigenvalue weighted by molar-refractivity contribution is 7.22. The third-order valence-electron chi connectivity index (χ3n) is 4.22. The number of aromatic nitrogens is 1. The van der Waals surface area contributed by atoms with Crippen LogP contribution >= 0.6 is 35.3 Å². The minimum atomic E-state index is -0.0764. The Bertz CT molecular complexity index is 945. The minimum absolute atomic E-state index is 0. The molecule has 0 saturated carbocycles. The Hall–Kier alpha value is -1.86. The molecule has 0 N–H and O–H groups in total. The van der Waals surface area contributed by atoms with Crippen molar-refractivity contribution in [2.24, 2.45) is 0 Å². The van der Waals surface area contributed by atoms with Crippen molar-refractivity contribution >= 4 is 56.6 Å². The molecule has 0 bridgehead atoms. The van der Waals surface area contributed by atoms with Crippen molar-refractivity contribution in [3.8, 4) is 5.75 Å². The van der Waals surface area contributed by atoms with Gasteiger partial charge in [0.25, 0.3) is 5.91 Å². The molecule has 0 spiro atoms. The van der Waals surface area contributed by atoms with Gasteiger partial charge in [-0.25, -0.2) is 4.98 Å². The fraction of sp³-hybridized carbons (Fsp3) is 0.333. The second-order valence-corrected chi connectivity index (χ2v) is 8.10. The fourth-order valence-electron chi connectivity index (χ4n) is 2.88. The minimum Gasteiger partial charge on any atom is -0.492 e. The van der Waals surface area contributed by atoms with E-state index in [9.17, 15) is 4.79 Å². The van der Waals surface area contributed by atoms with Gasteiger partial charge in [0.1, 0.15) is 11.3 Å². The van der Waals surface area contributed by atoms with E-state index in [0.29, 0.717) is 28.9 Å². The van der Waals surface area contributed by atoms with Crippen molar-refractivity contribution in [3.05, 3.63) is 53.1 Å². The van der Waals surface area contributed by atoms with Crippen LogP contribution in [0.5, 0.6) is 5.75 Å². The number of carbonyl (C=O) groups is 1. The summed E-state index contributed by atoms with van der Waals surface area (Å²) in [7, 11) is 4.05. The highest BCUT2D eigenvalue weighted by Gasteiger charge is 2.22. The maximum absolute atomic E-state index is 13.2. The molecule has 1 amide bonds. The summed E-state index contributed by atoms with van der Waals surface area (Å²) in [5.74, 6) is 0.669. The number of carbonyl (C=O) groups excluding carboxylic acids is 1. The highest BCUT2D eigenvalue weighted by Crippen LogP contribution is 2.35. The van der Waals surface area contributed by atoms with Gasteiger partial charge in [-0.3, -0.25) is 9.69 Å². The standard InChI is InChI=1S/C21H24ClN3O2S.ClH/c1-4-27-17-7-5-8-18-19(17)23-21(28-18)25(14-6-13-24(2)3)20(26)15-9-11-16(22)12-10-15;/h5,7-12H,4,6,13-14H2,1-3H3;1H. The number of anilines is 1. The first kappa shape index (κ1) is 23.4. The molecule has 0 aliphatic rings. The van der Waals surface area contributed by atoms with Crippen LogP contribution in [0.2, 0.25) is 5.02 Å². The molecule has 156 valence electrons. The van der Waals surface area contributed by atoms with Crippen molar-refractivity contribution in [1.29, 1.82) is 0 Å². The first-order valence-corrected chi connectivity index (χ1v) is 10.4. The summed E-state index contributed by atoms with van der Waals surface area (Å²) < 4.78 is 6.70. The van der Waals surface area contributed by atoms with Gasteiger partial charge < -0.3 is 9.64 Å². The lowest BCUT2D eigenvalue weighted by Crippen LogP contribution is -2.33. The number of rotatable bonds is 8. The molecule has 2 aromatic carbocycles. The number of hydrogen-bond acceptors (Lipinski definition) is 5. The van der Waals surface area contributed by atoms with E-state index in [4.69, 9.17) is 21.3 Å². The SMILES string of the molecule is CCOc1cccc2sc(N(CCCN(C)C)C(=O)c3ccc(Cl)cc3)nc12.Cl. The lowest BCUT2D eigenvalue weighted by Gasteiger charge is -2.21. The second kappa shape index (κ2) is 10.8. The van der Waals surface area contributed by atoms with Gasteiger partial charge in [0.2, 0.25) is 0 Å². The molecule has 1 aromatic heterocycles. The van der Waals surface area contributed by atoms with E-state index in [-0.39, 0.29) is 18.3 Å². The first-order valence-electron chi connectivity index (χ1n) is 9.24. The normalized spacial score (nSPS) is 10.8. The summed E-state index contributed by atoms with van der Waals surface area (Å²) in [5.41, 5.74) is 1.39. The van der Waals surface area contributed by atoms with Crippen LogP contribution in [-0.2, 0) is 0 Å². The lowest BCUT2D eigenvalue weighted by atomic mass is 10.2. The predicted molar refractivity (Wildman–Crippen MR) is 124 cm³/mol. The topological polar surface area (TPSA) is 45.7 Å². The number of benzene rings is 2. The van der Waals surface area contributed by atoms with Crippen LogP contribution in [0.1, 0.15) is 23.7 Å². The van der Waals surface area contributed by atoms with Gasteiger partial charge in [0.15, 0.2) is 5.13 Å². The Kier molecular flexibility index (Phi) is 8.71. The maximum Gasteiger partial charge on any atom is 0.260 e. The molecular weight excluding hydrogens is 429 g/mol. The van der Waals surface area contributed by atoms with Crippen LogP contribution < -0.4 is 9.64 Å². The van der Waals surface area contributed by atoms with Crippen LogP contribution in [-0.4, -0.2) is 49.6 Å². The zero-order valence-corrected chi connectivity index (χ0v) is 19.1. The average Bonchev–Trinajstić information content (AvgIpc) is 3.10. The number of ether oxygens (including phenoxy) is 1. The quantitative estimate of drug-likeness (QED) is 0.459. The van der Waals surface area contributed by atoms with Crippen LogP contribution in [0.25, 0.3) is 10.2 Å². The van der Waals surface area contributed by atoms with Crippen molar-refractivity contribution < 1.29 is 9.53 Å². The molecule has 3 rings (SSSR count). The molecule has 0 aliphatic heterocycles. The first-order chi connectivity index (χ1) is 13.5. The fourth-order valence-corrected chi connectivity index (χ4v) is 4.01. The van der Waals surface area contributed by atoms with Crippen LogP contribution in [0.4, 0.5) is 5.13 Å². The van der Waals surface area contributed by atoms with Crippen LogP contribution in [0.3, 0.4) is 0 Å². The number of nitrogens with zero attached hydrogens (tertiary/aromatic N) is 3. The monoisotopic (exact) mass is 453 g/mol. The Balaban J connectivity index is 0.00000300. The summed E-state index contributed by atoms with van der Waals surface area (Å²) in [4.78, 5) is 21.8. The molecular formula is C21H25Cl2N3O2S. The van der Waals surface area contributed by atoms with Crippen LogP contribution in [0.15, 0.2) is 42.5 Å². The number of fused-ring (bicyclic) bond motifs is 1. The average molecular weight is 454 g/mol. The molecule has 5 nitrogen and oxygen atoms in total. The zero-order chi connectivity index (χ0) is 20.1. The molecule has 0 radical (unpaired) electrons. The molecule has 0 aliphatic carbocycles. The Morgan fingerprint density at radius 3 is 2.52 bits per heavy atom. The summed E-state index contributed by atoms with van der Waals surface area (Å²) in [5, 5.41) is 1.29. The van der Waals surface area contributed by atoms with E-state index in [0.717, 1.165) is 28.9 Å². The van der Waals surface area contributed by atoms with Gasteiger partial charge in [-0.15, -0.1) is 12.4 Å². The summed E-state index contributed by atoms with van der Waals surface area (Å²) in [6, 6.07) is 12.8. The molecule has 0 unspecified atom stereocenters. The highest BCUT2D eigenvalue weighted by atomic mass is 35.5. The van der Waals surface area contributed by atoms with Crippen molar-refractivity contribution in [1.82, 2.24) is 9.88 Å². The van der Waals surface area contributed by atoms with Gasteiger partial charge in [-0.05, 0) is 70.4 Å². The number of hydrogen-bond donors (Lipinski definition) is 0. The summed E-state index contributed by atoms with van der Waals surface area (Å²) >= 11 is 7.48. The summed E-state index contributed by atoms with van der Waals surface area (Å²) in [6.07, 6.45) is 0.848. The Morgan fingerprint density at radius 1 is 1.14 bits per heavy atom. The molecule has 3 aromatic rings. The van der Waals surface area contributed by atoms with Gasteiger partial charge in [0.05, 0.1) is 11.3 Å². The molecule has 0 saturated heterocycles. The van der Waals surface area contributed by atoms with E-state index in [1.807, 2.05) is 39.2 Å². The second-order valence-electron chi connectivity index (χ2n) is 6.65. The van der Waals surface area contributed by atoms with E-state index in [1.54, 1.807) is 29.2 Å². The Labute approximate surface area is 186 Å². The number of para-hydroxylation sites is 1. The van der Waals surface area contributed by atoms with E-state index in [1.165, 1.54) is 11.3 Å². The van der Waals surface area contributed by atoms with Gasteiger partial charge in [0, 0.05) is 17.1 Å². The zero-order valence-electron chi connectivity index (χ0n) is 16.7. The van der Waals surface area contributed by atoms with E-state index in [2.05, 4.69) is 4.90 Å². The lowest BCUT2D eigenvalue weighted by molar-refractivity contribution is 0.0986. The molecule has 0 fully saturated rings. The Morgan fingerprint density at radius 2 is 1.86 bits per heavy atom. The molecule has 1 heterocycles. The number of halogens is 2. The van der Waals surface area contributed by atoms with Crippen molar-refractivity contribution in [3.63, 3.8) is 0 Å². The van der Waals surface area contributed by atoms with Crippen molar-refractivity contribution in [2.45, 2.75) is 13.3 Å². The van der Waals surface area contributed by atoms with E-state index >= 15 is 0 Å². The molecule has 8 heteroatoms. The van der Waals surface area contributed by atoms with Crippen LogP contribution in [0, 0.1) is 0 Å². The number of amides is 1. The summed E-state index contributed by atoms with van der Waals surface area (Å²) in [6.45, 7) is 3.99. The van der Waals surface area contributed by atoms with Crippen molar-refractivity contribution in [2.75, 3.05) is 38.7 Å². The van der Waals surface area contributed by atoms with Gasteiger partial charge >= 0.3 is 0 Å².